The fourth-order valence-electron chi connectivity index (χ4n) is 4.67. The van der Waals surface area contributed by atoms with E-state index in [0.29, 0.717) is 17.8 Å². The number of aromatic carboxylic acids is 1. The lowest BCUT2D eigenvalue weighted by atomic mass is 9.97. The summed E-state index contributed by atoms with van der Waals surface area (Å²) in [6.07, 6.45) is 2.54. The quantitative estimate of drug-likeness (QED) is 0.841. The van der Waals surface area contributed by atoms with Gasteiger partial charge in [-0.2, -0.15) is 0 Å². The van der Waals surface area contributed by atoms with Crippen molar-refractivity contribution in [2.75, 3.05) is 19.6 Å². The van der Waals surface area contributed by atoms with E-state index in [0.717, 1.165) is 50.1 Å². The molecule has 3 atom stereocenters. The van der Waals surface area contributed by atoms with E-state index >= 15 is 0 Å². The summed E-state index contributed by atoms with van der Waals surface area (Å²) < 4.78 is 15.6. The Morgan fingerprint density at radius 1 is 1.33 bits per heavy atom. The highest BCUT2D eigenvalue weighted by molar-refractivity contribution is 5.94. The van der Waals surface area contributed by atoms with Crippen molar-refractivity contribution in [1.82, 2.24) is 14.8 Å². The van der Waals surface area contributed by atoms with Crippen LogP contribution in [0.25, 0.3) is 10.9 Å². The summed E-state index contributed by atoms with van der Waals surface area (Å²) in [5.74, 6) is -1.26. The second-order valence-electron chi connectivity index (χ2n) is 7.87. The Balaban J connectivity index is 1.73. The molecule has 0 radical (unpaired) electrons. The number of alkyl halides is 1. The molecule has 3 unspecified atom stereocenters. The topological polar surface area (TPSA) is 74.6 Å². The van der Waals surface area contributed by atoms with Gasteiger partial charge in [-0.1, -0.05) is 6.07 Å². The van der Waals surface area contributed by atoms with Gasteiger partial charge in [0.1, 0.15) is 11.7 Å². The minimum Gasteiger partial charge on any atom is -0.477 e. The molecular weight excluding hydrogens is 349 g/mol. The number of fused-ring (bicyclic) bond motifs is 4. The van der Waals surface area contributed by atoms with Gasteiger partial charge in [0.15, 0.2) is 0 Å². The summed E-state index contributed by atoms with van der Waals surface area (Å²) >= 11 is 0. The van der Waals surface area contributed by atoms with E-state index in [9.17, 15) is 19.1 Å². The summed E-state index contributed by atoms with van der Waals surface area (Å²) in [6, 6.07) is 3.77. The summed E-state index contributed by atoms with van der Waals surface area (Å²) in [7, 11) is 0. The van der Waals surface area contributed by atoms with E-state index in [1.807, 2.05) is 6.07 Å². The number of carbonyl (C=O) groups is 1. The minimum atomic E-state index is -1.26. The summed E-state index contributed by atoms with van der Waals surface area (Å²) in [5, 5.41) is 13.3. The number of nitrogens with zero attached hydrogens (tertiary/aromatic N) is 2. The van der Waals surface area contributed by atoms with Crippen molar-refractivity contribution in [1.29, 1.82) is 0 Å². The number of rotatable bonds is 2. The lowest BCUT2D eigenvalue weighted by Gasteiger charge is -2.34. The number of benzene rings is 1. The normalized spacial score (nSPS) is 27.7. The van der Waals surface area contributed by atoms with Gasteiger partial charge in [-0.05, 0) is 30.0 Å². The Morgan fingerprint density at radius 3 is 2.89 bits per heavy atom. The van der Waals surface area contributed by atoms with Crippen molar-refractivity contribution in [3.05, 3.63) is 45.2 Å². The van der Waals surface area contributed by atoms with Gasteiger partial charge in [-0.25, -0.2) is 9.18 Å². The van der Waals surface area contributed by atoms with E-state index in [-0.39, 0.29) is 11.6 Å². The molecule has 1 saturated heterocycles. The first kappa shape index (κ1) is 16.9. The first-order chi connectivity index (χ1) is 13.0. The van der Waals surface area contributed by atoms with Crippen molar-refractivity contribution in [3.63, 3.8) is 0 Å². The highest BCUT2D eigenvalue weighted by atomic mass is 19.1. The van der Waals surface area contributed by atoms with Gasteiger partial charge in [0.25, 0.3) is 0 Å². The fraction of sp³-hybridized carbons (Fsp3) is 0.500. The zero-order valence-corrected chi connectivity index (χ0v) is 14.9. The smallest absolute Gasteiger partial charge is 0.341 e. The van der Waals surface area contributed by atoms with Gasteiger partial charge in [0.2, 0.25) is 5.43 Å². The molecule has 5 rings (SSSR count). The molecule has 2 aliphatic heterocycles. The van der Waals surface area contributed by atoms with Crippen molar-refractivity contribution in [2.45, 2.75) is 44.1 Å². The van der Waals surface area contributed by atoms with Gasteiger partial charge >= 0.3 is 5.97 Å². The Bertz CT molecular complexity index is 1000. The van der Waals surface area contributed by atoms with Gasteiger partial charge in [-0.3, -0.25) is 9.69 Å². The number of nitrogens with one attached hydrogen (secondary N) is 1. The number of aromatic nitrogens is 1. The average Bonchev–Trinajstić information content (AvgIpc) is 3.41. The van der Waals surface area contributed by atoms with Crippen LogP contribution in [0.15, 0.2) is 23.1 Å². The number of aryl methyl sites for hydroxylation is 1. The molecule has 1 aliphatic carbocycles. The third-order valence-electron chi connectivity index (χ3n) is 6.24. The Hall–Kier alpha value is -2.25. The summed E-state index contributed by atoms with van der Waals surface area (Å²) in [4.78, 5) is 26.8. The van der Waals surface area contributed by atoms with Crippen LogP contribution in [-0.2, 0) is 13.0 Å². The highest BCUT2D eigenvalue weighted by Gasteiger charge is 2.41. The maximum atomic E-state index is 13.9. The van der Waals surface area contributed by atoms with Crippen molar-refractivity contribution < 1.29 is 14.3 Å². The van der Waals surface area contributed by atoms with Gasteiger partial charge < -0.3 is 15.0 Å². The number of hydrogen-bond acceptors (Lipinski definition) is 4. The molecule has 0 bridgehead atoms. The zero-order chi connectivity index (χ0) is 18.7. The van der Waals surface area contributed by atoms with Crippen LogP contribution in [0, 0.1) is 0 Å². The van der Waals surface area contributed by atoms with Gasteiger partial charge in [-0.15, -0.1) is 0 Å². The molecule has 3 heterocycles. The van der Waals surface area contributed by atoms with Crippen LogP contribution in [0.4, 0.5) is 4.39 Å². The van der Waals surface area contributed by atoms with Crippen molar-refractivity contribution >= 4 is 16.9 Å². The lowest BCUT2D eigenvalue weighted by Crippen LogP contribution is -2.50. The van der Waals surface area contributed by atoms with E-state index in [2.05, 4.69) is 10.2 Å². The summed E-state index contributed by atoms with van der Waals surface area (Å²) in [5.41, 5.74) is 2.22. The molecule has 3 aliphatic rings. The molecule has 0 amide bonds. The highest BCUT2D eigenvalue weighted by Crippen LogP contribution is 2.42. The van der Waals surface area contributed by atoms with Crippen LogP contribution in [0.5, 0.6) is 0 Å². The maximum Gasteiger partial charge on any atom is 0.341 e. The molecule has 2 fully saturated rings. The molecule has 0 spiro atoms. The van der Waals surface area contributed by atoms with Crippen molar-refractivity contribution in [2.24, 2.45) is 0 Å². The van der Waals surface area contributed by atoms with Crippen LogP contribution >= 0.6 is 0 Å². The number of hydrogen-bond donors (Lipinski definition) is 2. The molecule has 142 valence electrons. The zero-order valence-electron chi connectivity index (χ0n) is 14.9. The van der Waals surface area contributed by atoms with E-state index in [4.69, 9.17) is 0 Å². The number of piperazine rings is 1. The fourth-order valence-corrected chi connectivity index (χ4v) is 4.67. The SMILES string of the molecule is O=C(O)c1cn(C2CC2F)c2c3c(ccc2c1=O)CN1CCNCC1CC3. The number of carboxylic acid groups (broad SMARTS) is 1. The second kappa shape index (κ2) is 6.14. The first-order valence-corrected chi connectivity index (χ1v) is 9.56. The monoisotopic (exact) mass is 371 g/mol. The van der Waals surface area contributed by atoms with Crippen LogP contribution in [0.3, 0.4) is 0 Å². The predicted molar refractivity (Wildman–Crippen MR) is 99.1 cm³/mol. The standard InChI is InChI=1S/C20H22FN3O3/c21-16-7-17(16)24-10-15(20(26)27)19(25)14-3-1-11-9-23-6-5-22-8-12(23)2-4-13(11)18(14)24/h1,3,10,12,16-17,22H,2,4-9H2,(H,26,27). The number of halogens is 1. The Morgan fingerprint density at radius 2 is 2.15 bits per heavy atom. The van der Waals surface area contributed by atoms with Crippen LogP contribution < -0.4 is 10.7 Å². The summed E-state index contributed by atoms with van der Waals surface area (Å²) in [6.45, 7) is 3.73. The molecule has 2 N–H and O–H groups in total. The molecule has 1 aromatic heterocycles. The predicted octanol–water partition coefficient (Wildman–Crippen LogP) is 1.70. The third kappa shape index (κ3) is 2.68. The van der Waals surface area contributed by atoms with E-state index < -0.39 is 17.6 Å². The maximum absolute atomic E-state index is 13.9. The van der Waals surface area contributed by atoms with Crippen LogP contribution in [0.2, 0.25) is 0 Å². The first-order valence-electron chi connectivity index (χ1n) is 9.56. The molecule has 7 heteroatoms. The Kier molecular flexibility index (Phi) is 3.84. The van der Waals surface area contributed by atoms with Gasteiger partial charge in [0.05, 0.1) is 11.6 Å². The lowest BCUT2D eigenvalue weighted by molar-refractivity contribution is 0.0694. The average molecular weight is 371 g/mol. The Labute approximate surface area is 155 Å². The van der Waals surface area contributed by atoms with E-state index in [1.54, 1.807) is 10.6 Å². The van der Waals surface area contributed by atoms with Crippen LogP contribution in [-0.4, -0.2) is 52.4 Å². The van der Waals surface area contributed by atoms with E-state index in [1.165, 1.54) is 11.8 Å². The third-order valence-corrected chi connectivity index (χ3v) is 6.24. The molecular formula is C20H22FN3O3. The number of carboxylic acids is 1. The van der Waals surface area contributed by atoms with Crippen LogP contribution in [0.1, 0.15) is 40.4 Å². The minimum absolute atomic E-state index is 0.281. The van der Waals surface area contributed by atoms with Crippen molar-refractivity contribution in [3.8, 4) is 0 Å². The second-order valence-corrected chi connectivity index (χ2v) is 7.87. The molecule has 27 heavy (non-hydrogen) atoms. The molecule has 6 nitrogen and oxygen atoms in total. The number of pyridine rings is 1. The largest absolute Gasteiger partial charge is 0.477 e. The molecule has 1 aromatic carbocycles. The van der Waals surface area contributed by atoms with Gasteiger partial charge in [0, 0.05) is 50.2 Å². The molecule has 1 saturated carbocycles. The molecule has 2 aromatic rings.